The van der Waals surface area contributed by atoms with Crippen LogP contribution in [0.15, 0.2) is 36.4 Å². The van der Waals surface area contributed by atoms with Crippen LogP contribution < -0.4 is 20.2 Å². The van der Waals surface area contributed by atoms with E-state index >= 15 is 0 Å². The second-order valence-corrected chi connectivity index (χ2v) is 12.2. The monoisotopic (exact) mass is 486 g/mol. The van der Waals surface area contributed by atoms with Crippen molar-refractivity contribution in [2.45, 2.75) is 33.2 Å². The molecule has 0 atom stereocenters. The number of alkyl halides is 3. The number of hydrogen-bond donors (Lipinski definition) is 0. The molecule has 137 valence electrons. The van der Waals surface area contributed by atoms with Crippen molar-refractivity contribution in [1.82, 2.24) is 0 Å². The van der Waals surface area contributed by atoms with Crippen LogP contribution in [0.1, 0.15) is 22.3 Å². The Hall–Kier alpha value is -1.13. The van der Waals surface area contributed by atoms with Gasteiger partial charge in [-0.2, -0.15) is 21.6 Å². The van der Waals surface area contributed by atoms with Gasteiger partial charge in [-0.3, -0.25) is 0 Å². The van der Waals surface area contributed by atoms with Crippen LogP contribution in [0.25, 0.3) is 0 Å². The molecule has 0 N–H and O–H groups in total. The first-order valence-electron chi connectivity index (χ1n) is 7.28. The lowest BCUT2D eigenvalue weighted by atomic mass is 10.1. The molecule has 25 heavy (non-hydrogen) atoms. The van der Waals surface area contributed by atoms with Gasteiger partial charge in [-0.1, -0.05) is 12.1 Å². The minimum atomic E-state index is -5.67. The van der Waals surface area contributed by atoms with Crippen LogP contribution in [0.4, 0.5) is 13.2 Å². The summed E-state index contributed by atoms with van der Waals surface area (Å²) in [4.78, 5) is 0. The van der Waals surface area contributed by atoms with Crippen molar-refractivity contribution in [2.75, 3.05) is 0 Å². The van der Waals surface area contributed by atoms with E-state index in [-0.39, 0.29) is 0 Å². The van der Waals surface area contributed by atoms with E-state index in [4.69, 9.17) is 2.51 Å². The van der Waals surface area contributed by atoms with Crippen LogP contribution in [-0.2, 0) is 12.6 Å². The Bertz CT molecular complexity index is 841. The lowest BCUT2D eigenvalue weighted by Gasteiger charge is -2.10. The fourth-order valence-electron chi connectivity index (χ4n) is 1.94. The Morgan fingerprint density at radius 1 is 0.800 bits per heavy atom. The molecule has 0 amide bonds. The Kier molecular flexibility index (Phi) is 5.85. The van der Waals surface area contributed by atoms with Gasteiger partial charge in [0.15, 0.2) is 7.14 Å². The van der Waals surface area contributed by atoms with Crippen LogP contribution in [0.2, 0.25) is 0 Å². The van der Waals surface area contributed by atoms with E-state index in [1.807, 2.05) is 27.7 Å². The summed E-state index contributed by atoms with van der Waals surface area (Å²) in [5, 5.41) is 0. The van der Waals surface area contributed by atoms with E-state index in [2.05, 4.69) is 0 Å². The summed E-state index contributed by atoms with van der Waals surface area (Å²) in [6, 6.07) is 10.2. The molecule has 0 bridgehead atoms. The molecule has 2 aromatic carbocycles. The normalized spacial score (nSPS) is 12.6. The van der Waals surface area contributed by atoms with Crippen LogP contribution in [0.3, 0.4) is 0 Å². The zero-order valence-electron chi connectivity index (χ0n) is 14.1. The molecule has 0 unspecified atom stereocenters. The largest absolute Gasteiger partial charge is 0.526 e. The van der Waals surface area contributed by atoms with E-state index in [1.54, 1.807) is 36.4 Å². The van der Waals surface area contributed by atoms with Gasteiger partial charge in [-0.15, -0.1) is 0 Å². The third-order valence-corrected chi connectivity index (χ3v) is 10.7. The fourth-order valence-corrected chi connectivity index (χ4v) is 8.83. The molecule has 0 aliphatic heterocycles. The Morgan fingerprint density at radius 3 is 1.52 bits per heavy atom. The maximum Gasteiger partial charge on any atom is 0.526 e. The minimum absolute atomic E-state index is 0.503. The second kappa shape index (κ2) is 7.24. The number of hydrogen-bond acceptors (Lipinski definition) is 3. The average Bonchev–Trinajstić information content (AvgIpc) is 2.49. The van der Waals surface area contributed by atoms with Crippen molar-refractivity contribution in [1.29, 1.82) is 0 Å². The van der Waals surface area contributed by atoms with Crippen LogP contribution in [0.5, 0.6) is 0 Å². The van der Waals surface area contributed by atoms with Crippen molar-refractivity contribution < 1.29 is 44.3 Å². The Morgan fingerprint density at radius 2 is 1.20 bits per heavy atom. The zero-order valence-corrected chi connectivity index (χ0v) is 17.1. The molecule has 0 spiro atoms. The highest BCUT2D eigenvalue weighted by Gasteiger charge is 2.54. The topological polar surface area (TPSA) is 43.4 Å². The Balaban J connectivity index is 2.58. The van der Waals surface area contributed by atoms with Gasteiger partial charge in [-0.25, -0.2) is 0 Å². The predicted molar refractivity (Wildman–Crippen MR) is 85.3 cm³/mol. The van der Waals surface area contributed by atoms with Crippen molar-refractivity contribution in [3.05, 3.63) is 65.8 Å². The summed E-state index contributed by atoms with van der Waals surface area (Å²) in [5.41, 5.74) is -1.76. The maximum atomic E-state index is 12.8. The summed E-state index contributed by atoms with van der Waals surface area (Å²) >= 11 is -3.30. The molecule has 2 rings (SSSR count). The maximum absolute atomic E-state index is 12.8. The molecule has 0 fully saturated rings. The van der Waals surface area contributed by atoms with Gasteiger partial charge in [0.05, 0.1) is 0 Å². The van der Waals surface area contributed by atoms with Crippen LogP contribution in [0, 0.1) is 34.8 Å². The van der Waals surface area contributed by atoms with Crippen LogP contribution in [-0.4, -0.2) is 13.9 Å². The van der Waals surface area contributed by atoms with Gasteiger partial charge in [0, 0.05) is 0 Å². The van der Waals surface area contributed by atoms with Gasteiger partial charge in [0.1, 0.15) is 0 Å². The van der Waals surface area contributed by atoms with Gasteiger partial charge in [0.2, 0.25) is 0 Å². The van der Waals surface area contributed by atoms with E-state index in [1.165, 1.54) is 0 Å². The molecule has 8 heteroatoms. The first-order chi connectivity index (χ1) is 11.4. The van der Waals surface area contributed by atoms with Gasteiger partial charge < -0.3 is 0 Å². The third-order valence-electron chi connectivity index (χ3n) is 3.76. The fraction of sp³-hybridized carbons (Fsp3) is 0.294. The molecule has 0 saturated carbocycles. The van der Waals surface area contributed by atoms with E-state index < -0.39 is 35.9 Å². The highest BCUT2D eigenvalue weighted by molar-refractivity contribution is 7.87. The van der Waals surface area contributed by atoms with Crippen LogP contribution >= 0.6 is 0 Å². The Labute approximate surface area is 153 Å². The predicted octanol–water partition coefficient (Wildman–Crippen LogP) is 1.37. The average molecular weight is 486 g/mol. The summed E-state index contributed by atoms with van der Waals surface area (Å²) in [5.74, 6) is 0. The van der Waals surface area contributed by atoms with Gasteiger partial charge in [-0.05, 0) is 76.7 Å². The lowest BCUT2D eigenvalue weighted by molar-refractivity contribution is -1.03. The molecule has 0 aromatic heterocycles. The number of aryl methyl sites for hydroxylation is 4. The molecule has 0 heterocycles. The second-order valence-electron chi connectivity index (χ2n) is 5.67. The smallest absolute Gasteiger partial charge is 0.186 e. The molecule has 3 nitrogen and oxygen atoms in total. The van der Waals surface area contributed by atoms with Crippen molar-refractivity contribution in [2.24, 2.45) is 0 Å². The van der Waals surface area contributed by atoms with Crippen molar-refractivity contribution >= 4 is 10.1 Å². The lowest BCUT2D eigenvalue weighted by Crippen LogP contribution is -3.85. The number of benzene rings is 2. The number of rotatable bonds is 4. The summed E-state index contributed by atoms with van der Waals surface area (Å²) in [6.45, 7) is 7.40. The first-order valence-corrected chi connectivity index (χ1v) is 11.7. The van der Waals surface area contributed by atoms with E-state index in [0.717, 1.165) is 22.3 Å². The number of halogens is 4. The summed E-state index contributed by atoms with van der Waals surface area (Å²) < 4.78 is 67.5. The zero-order chi connectivity index (χ0) is 19.0. The molecule has 0 aliphatic rings. The quantitative estimate of drug-likeness (QED) is 0.485. The highest BCUT2D eigenvalue weighted by Crippen LogP contribution is 2.22. The third kappa shape index (κ3) is 4.53. The summed E-state index contributed by atoms with van der Waals surface area (Å²) in [7, 11) is -5.67. The van der Waals surface area contributed by atoms with Gasteiger partial charge >= 0.3 is 35.9 Å². The molecule has 0 saturated heterocycles. The van der Waals surface area contributed by atoms with Crippen molar-refractivity contribution in [3.63, 3.8) is 0 Å². The molecule has 0 aliphatic carbocycles. The first kappa shape index (κ1) is 20.2. The van der Waals surface area contributed by atoms with E-state index in [9.17, 15) is 21.6 Å². The summed E-state index contributed by atoms with van der Waals surface area (Å²) in [6.07, 6.45) is 0. The molecular weight excluding hydrogens is 468 g/mol. The van der Waals surface area contributed by atoms with Crippen molar-refractivity contribution in [3.8, 4) is 0 Å². The molecule has 2 aromatic rings. The molecular formula is C17H18F3IO3S+. The van der Waals surface area contributed by atoms with Gasteiger partial charge in [0.25, 0.3) is 0 Å². The minimum Gasteiger partial charge on any atom is -0.186 e. The SMILES string of the molecule is Cc1ccc([I+](OS(=O)(=O)C(F)(F)F)c2ccc(C)c(C)c2)cc1C. The highest BCUT2D eigenvalue weighted by atomic mass is 127. The molecule has 1 radical (unpaired) electrons. The standard InChI is InChI=1S/C17H18F3IO3S/c1-11-5-7-15(9-13(11)3)21(24-25(22,23)17(18,19)20)16-8-6-12(2)14(4)10-16/h5-10H,1-4H3/q+1. The van der Waals surface area contributed by atoms with E-state index in [0.29, 0.717) is 7.14 Å².